The van der Waals surface area contributed by atoms with Gasteiger partial charge in [-0.25, -0.2) is 9.78 Å². The van der Waals surface area contributed by atoms with Crippen LogP contribution in [0.1, 0.15) is 81.1 Å². The van der Waals surface area contributed by atoms with Gasteiger partial charge in [0.2, 0.25) is 23.7 Å². The Morgan fingerprint density at radius 2 is 1.49 bits per heavy atom. The van der Waals surface area contributed by atoms with E-state index in [4.69, 9.17) is 14.2 Å². The largest absolute Gasteiger partial charge is 0.471 e. The van der Waals surface area contributed by atoms with Crippen LogP contribution in [0.4, 0.5) is 24.8 Å². The van der Waals surface area contributed by atoms with Gasteiger partial charge >= 0.3 is 18.1 Å². The number of aromatic amines is 1. The molecular formula is C45H53F3N8O12. The van der Waals surface area contributed by atoms with Crippen molar-refractivity contribution in [1.82, 2.24) is 30.8 Å². The number of hydrogen-bond donors (Lipinski definition) is 5. The Morgan fingerprint density at radius 3 is 2.07 bits per heavy atom. The third-order valence-electron chi connectivity index (χ3n) is 10.9. The molecule has 0 unspecified atom stereocenters. The molecule has 23 heteroatoms. The standard InChI is InChI=1S/C45H53F3N8O12/c1-27(2)38(61)53-43-52-32-12-7-28(25-31(32)40(63)54-43)26-56(42(65)45(46,47)48)30-10-8-29(9-11-30)39(62)51-33(41(64)66-3)13-14-34(57)49-20-23-67-44(18-5-4-6-19-44)68-24-21-50-35(58)17-22-55-36(59)15-16-37(55)60/h7-12,15-16,25,27,33H,4-6,13-14,17-24,26H2,1-3H3,(H,49,57)(H,50,58)(H,51,62)(H2,52,53,54,61,63)/t33-/m0/s1. The zero-order chi connectivity index (χ0) is 49.6. The maximum Gasteiger partial charge on any atom is 0.471 e. The minimum atomic E-state index is -5.31. The molecule has 1 aliphatic heterocycles. The Balaban J connectivity index is 1.11. The molecular weight excluding hydrogens is 902 g/mol. The molecule has 1 fully saturated rings. The number of esters is 1. The first kappa shape index (κ1) is 52.0. The predicted octanol–water partition coefficient (Wildman–Crippen LogP) is 2.91. The highest BCUT2D eigenvalue weighted by molar-refractivity contribution is 6.13. The number of aromatic nitrogens is 2. The van der Waals surface area contributed by atoms with E-state index in [1.54, 1.807) is 13.8 Å². The minimum absolute atomic E-state index is 0.0133. The summed E-state index contributed by atoms with van der Waals surface area (Å²) < 4.78 is 58.6. The summed E-state index contributed by atoms with van der Waals surface area (Å²) in [5.74, 6) is -7.56. The van der Waals surface area contributed by atoms with Crippen molar-refractivity contribution in [3.63, 3.8) is 0 Å². The molecule has 7 amide bonds. The smallest absolute Gasteiger partial charge is 0.467 e. The number of imide groups is 1. The summed E-state index contributed by atoms with van der Waals surface area (Å²) in [7, 11) is 1.09. The highest BCUT2D eigenvalue weighted by atomic mass is 19.4. The summed E-state index contributed by atoms with van der Waals surface area (Å²) in [4.78, 5) is 120. The first-order chi connectivity index (χ1) is 32.3. The Kier molecular flexibility index (Phi) is 18.1. The molecule has 366 valence electrons. The van der Waals surface area contributed by atoms with Crippen LogP contribution in [-0.2, 0) is 54.3 Å². The normalized spacial score (nSPS) is 15.0. The van der Waals surface area contributed by atoms with Crippen molar-refractivity contribution in [1.29, 1.82) is 0 Å². The van der Waals surface area contributed by atoms with Crippen LogP contribution in [-0.4, -0.2) is 120 Å². The van der Waals surface area contributed by atoms with Crippen molar-refractivity contribution in [2.24, 2.45) is 5.92 Å². The fourth-order valence-electron chi connectivity index (χ4n) is 7.24. The number of ether oxygens (including phenoxy) is 3. The Labute approximate surface area is 387 Å². The van der Waals surface area contributed by atoms with Gasteiger partial charge in [0.25, 0.3) is 23.3 Å². The second-order valence-corrected chi connectivity index (χ2v) is 16.2. The minimum Gasteiger partial charge on any atom is -0.467 e. The number of amides is 7. The third-order valence-corrected chi connectivity index (χ3v) is 10.9. The summed E-state index contributed by atoms with van der Waals surface area (Å²) in [6.07, 6.45) is 0.350. The fraction of sp³-hybridized carbons (Fsp3) is 0.467. The summed E-state index contributed by atoms with van der Waals surface area (Å²) in [6.45, 7) is 3.03. The molecule has 2 aliphatic rings. The molecule has 2 heterocycles. The number of alkyl halides is 3. The van der Waals surface area contributed by atoms with Crippen LogP contribution in [0.15, 0.2) is 59.4 Å². The molecule has 1 aromatic heterocycles. The second-order valence-electron chi connectivity index (χ2n) is 16.2. The van der Waals surface area contributed by atoms with Crippen LogP contribution >= 0.6 is 0 Å². The number of benzene rings is 2. The van der Waals surface area contributed by atoms with Gasteiger partial charge in [-0.2, -0.15) is 13.2 Å². The van der Waals surface area contributed by atoms with E-state index in [0.29, 0.717) is 17.7 Å². The molecule has 1 aliphatic carbocycles. The summed E-state index contributed by atoms with van der Waals surface area (Å²) in [6, 6.07) is 7.19. The zero-order valence-electron chi connectivity index (χ0n) is 37.6. The predicted molar refractivity (Wildman–Crippen MR) is 236 cm³/mol. The van der Waals surface area contributed by atoms with E-state index in [0.717, 1.165) is 67.7 Å². The lowest BCUT2D eigenvalue weighted by Crippen LogP contribution is -2.43. The maximum atomic E-state index is 13.9. The van der Waals surface area contributed by atoms with Gasteiger partial charge in [0.05, 0.1) is 37.8 Å². The number of halogens is 3. The first-order valence-corrected chi connectivity index (χ1v) is 21.9. The van der Waals surface area contributed by atoms with Gasteiger partial charge in [0.1, 0.15) is 6.04 Å². The van der Waals surface area contributed by atoms with E-state index in [2.05, 4.69) is 31.2 Å². The van der Waals surface area contributed by atoms with Crippen LogP contribution in [0.5, 0.6) is 0 Å². The summed E-state index contributed by atoms with van der Waals surface area (Å²) >= 11 is 0. The third kappa shape index (κ3) is 14.5. The number of carbonyl (C=O) groups excluding carboxylic acids is 8. The van der Waals surface area contributed by atoms with Gasteiger partial charge in [-0.3, -0.25) is 53.6 Å². The lowest BCUT2D eigenvalue weighted by atomic mass is 9.94. The number of nitrogens with one attached hydrogen (secondary N) is 5. The van der Waals surface area contributed by atoms with Crippen molar-refractivity contribution in [2.75, 3.05) is 50.2 Å². The van der Waals surface area contributed by atoms with Gasteiger partial charge in [-0.05, 0) is 61.2 Å². The number of fused-ring (bicyclic) bond motifs is 1. The second kappa shape index (κ2) is 23.6. The number of rotatable bonds is 22. The number of H-pyrrole nitrogens is 1. The molecule has 20 nitrogen and oxygen atoms in total. The molecule has 5 rings (SSSR count). The first-order valence-electron chi connectivity index (χ1n) is 21.9. The molecule has 3 aromatic rings. The van der Waals surface area contributed by atoms with Crippen molar-refractivity contribution in [2.45, 2.75) is 89.8 Å². The number of methoxy groups -OCH3 is 1. The van der Waals surface area contributed by atoms with Crippen molar-refractivity contribution in [3.05, 3.63) is 76.1 Å². The van der Waals surface area contributed by atoms with Crippen molar-refractivity contribution >= 4 is 69.9 Å². The average molecular weight is 955 g/mol. The van der Waals surface area contributed by atoms with Gasteiger partial charge in [-0.1, -0.05) is 26.3 Å². The molecule has 68 heavy (non-hydrogen) atoms. The molecule has 0 saturated heterocycles. The molecule has 2 aromatic carbocycles. The molecule has 0 radical (unpaired) electrons. The van der Waals surface area contributed by atoms with Crippen LogP contribution < -0.4 is 31.7 Å². The summed E-state index contributed by atoms with van der Waals surface area (Å²) in [5.41, 5.74) is -0.770. The monoisotopic (exact) mass is 954 g/mol. The highest BCUT2D eigenvalue weighted by Crippen LogP contribution is 2.33. The number of nitrogens with zero attached hydrogens (tertiary/aromatic N) is 3. The highest BCUT2D eigenvalue weighted by Gasteiger charge is 2.43. The van der Waals surface area contributed by atoms with Crippen LogP contribution in [0.2, 0.25) is 0 Å². The lowest BCUT2D eigenvalue weighted by Gasteiger charge is -2.37. The Hall–Kier alpha value is -7.01. The molecule has 1 saturated carbocycles. The molecule has 0 bridgehead atoms. The van der Waals surface area contributed by atoms with Crippen LogP contribution in [0.3, 0.4) is 0 Å². The van der Waals surface area contributed by atoms with Gasteiger partial charge in [-0.15, -0.1) is 0 Å². The molecule has 5 N–H and O–H groups in total. The van der Waals surface area contributed by atoms with Crippen molar-refractivity contribution in [3.8, 4) is 0 Å². The van der Waals surface area contributed by atoms with Crippen LogP contribution in [0.25, 0.3) is 10.9 Å². The zero-order valence-corrected chi connectivity index (χ0v) is 37.6. The fourth-order valence-corrected chi connectivity index (χ4v) is 7.24. The van der Waals surface area contributed by atoms with E-state index >= 15 is 0 Å². The Morgan fingerprint density at radius 1 is 0.868 bits per heavy atom. The molecule has 1 atom stereocenters. The Bertz CT molecular complexity index is 2430. The van der Waals surface area contributed by atoms with Crippen molar-refractivity contribution < 1.29 is 65.7 Å². The van der Waals surface area contributed by atoms with E-state index < -0.39 is 77.4 Å². The number of anilines is 2. The maximum absolute atomic E-state index is 13.9. The number of carbonyl (C=O) groups is 8. The molecule has 0 spiro atoms. The topological polar surface area (TPSA) is 265 Å². The van der Waals surface area contributed by atoms with E-state index in [9.17, 15) is 56.3 Å². The van der Waals surface area contributed by atoms with Gasteiger partial charge < -0.3 is 35.1 Å². The van der Waals surface area contributed by atoms with Gasteiger partial charge in [0, 0.05) is 74.6 Å². The quantitative estimate of drug-likeness (QED) is 0.0421. The van der Waals surface area contributed by atoms with Gasteiger partial charge in [0.15, 0.2) is 5.79 Å². The number of hydrogen-bond acceptors (Lipinski definition) is 13. The van der Waals surface area contributed by atoms with Crippen LogP contribution in [0, 0.1) is 5.92 Å². The summed E-state index contributed by atoms with van der Waals surface area (Å²) in [5, 5.41) is 10.3. The lowest BCUT2D eigenvalue weighted by molar-refractivity contribution is -0.250. The average Bonchev–Trinajstić information content (AvgIpc) is 3.64. The van der Waals surface area contributed by atoms with E-state index in [1.165, 1.54) is 18.2 Å². The van der Waals surface area contributed by atoms with E-state index in [-0.39, 0.29) is 91.7 Å². The van der Waals surface area contributed by atoms with E-state index in [1.807, 2.05) is 0 Å². The SMILES string of the molecule is COC(=O)[C@H](CCC(=O)NCCOC1(OCCNC(=O)CCN2C(=O)C=CC2=O)CCCCC1)NC(=O)c1ccc(N(Cc2ccc3nc(NC(=O)C(C)C)[nH]c(=O)c3c2)C(=O)C(F)(F)F)cc1.